The van der Waals surface area contributed by atoms with Crippen molar-refractivity contribution in [2.45, 2.75) is 64.6 Å². The fourth-order valence-electron chi connectivity index (χ4n) is 3.58. The van der Waals surface area contributed by atoms with Gasteiger partial charge in [-0.2, -0.15) is 0 Å². The van der Waals surface area contributed by atoms with E-state index in [1.54, 1.807) is 6.07 Å². The molecule has 1 aromatic rings. The molecule has 4 heteroatoms. The molecule has 3 nitrogen and oxygen atoms in total. The van der Waals surface area contributed by atoms with E-state index in [0.29, 0.717) is 5.56 Å². The highest BCUT2D eigenvalue weighted by Gasteiger charge is 2.41. The zero-order valence-electron chi connectivity index (χ0n) is 14.2. The number of nitrogens with zero attached hydrogens (tertiary/aromatic N) is 1. The maximum Gasteiger partial charge on any atom is 0.411 e. The normalized spacial score (nSPS) is 23.7. The predicted octanol–water partition coefficient (Wildman–Crippen LogP) is 4.69. The van der Waals surface area contributed by atoms with Gasteiger partial charge in [0.15, 0.2) is 0 Å². The Morgan fingerprint density at radius 2 is 2.04 bits per heavy atom. The van der Waals surface area contributed by atoms with Crippen LogP contribution >= 0.6 is 0 Å². The van der Waals surface area contributed by atoms with Crippen molar-refractivity contribution in [2.75, 3.05) is 0 Å². The second kappa shape index (κ2) is 5.66. The Bertz CT molecular complexity index is 660. The molecule has 2 aliphatic heterocycles. The Balaban J connectivity index is 1.86. The quantitative estimate of drug-likeness (QED) is 0.752. The summed E-state index contributed by atoms with van der Waals surface area (Å²) in [6.45, 7) is 7.46. The summed E-state index contributed by atoms with van der Waals surface area (Å²) >= 11 is 0. The van der Waals surface area contributed by atoms with E-state index in [-0.39, 0.29) is 24.0 Å². The monoisotopic (exact) mass is 317 g/mol. The Hall–Kier alpha value is -1.84. The number of ether oxygens (including phenoxy) is 1. The topological polar surface area (TPSA) is 29.5 Å². The Labute approximate surface area is 137 Å². The van der Waals surface area contributed by atoms with Gasteiger partial charge < -0.3 is 4.74 Å². The summed E-state index contributed by atoms with van der Waals surface area (Å²) in [7, 11) is 0. The van der Waals surface area contributed by atoms with Crippen LogP contribution in [0.15, 0.2) is 24.3 Å². The van der Waals surface area contributed by atoms with Gasteiger partial charge in [-0.05, 0) is 69.7 Å². The minimum absolute atomic E-state index is 0.0567. The third kappa shape index (κ3) is 3.12. The Morgan fingerprint density at radius 3 is 2.70 bits per heavy atom. The molecule has 2 aliphatic rings. The molecule has 0 aromatic heterocycles. The molecular formula is C19H24FNO2. The SMILES string of the molecule is Cc1c(F)cccc1C1=CC2CCC(C1)N2C(=O)OC(C)(C)C. The molecule has 23 heavy (non-hydrogen) atoms. The van der Waals surface area contributed by atoms with Crippen LogP contribution < -0.4 is 0 Å². The number of hydrogen-bond acceptors (Lipinski definition) is 2. The van der Waals surface area contributed by atoms with E-state index >= 15 is 0 Å². The molecule has 2 heterocycles. The third-order valence-electron chi connectivity index (χ3n) is 4.61. The van der Waals surface area contributed by atoms with Crippen molar-refractivity contribution in [3.63, 3.8) is 0 Å². The molecule has 2 atom stereocenters. The molecule has 0 aliphatic carbocycles. The summed E-state index contributed by atoms with van der Waals surface area (Å²) in [6.07, 6.45) is 4.56. The first-order valence-electron chi connectivity index (χ1n) is 8.24. The Kier molecular flexibility index (Phi) is 3.95. The van der Waals surface area contributed by atoms with E-state index in [9.17, 15) is 9.18 Å². The lowest BCUT2D eigenvalue weighted by molar-refractivity contribution is 0.0175. The summed E-state index contributed by atoms with van der Waals surface area (Å²) in [5.74, 6) is -0.176. The van der Waals surface area contributed by atoms with Gasteiger partial charge >= 0.3 is 6.09 Å². The molecule has 0 radical (unpaired) electrons. The molecule has 3 rings (SSSR count). The van der Waals surface area contributed by atoms with Crippen LogP contribution in [-0.4, -0.2) is 28.7 Å². The van der Waals surface area contributed by atoms with Gasteiger partial charge in [-0.15, -0.1) is 0 Å². The fourth-order valence-corrected chi connectivity index (χ4v) is 3.58. The highest BCUT2D eigenvalue weighted by atomic mass is 19.1. The molecule has 1 saturated heterocycles. The van der Waals surface area contributed by atoms with Crippen molar-refractivity contribution in [3.05, 3.63) is 41.2 Å². The number of carbonyl (C=O) groups excluding carboxylic acids is 1. The number of amides is 1. The van der Waals surface area contributed by atoms with Crippen LogP contribution in [0.4, 0.5) is 9.18 Å². The first-order chi connectivity index (χ1) is 10.8. The highest BCUT2D eigenvalue weighted by molar-refractivity contribution is 5.76. The van der Waals surface area contributed by atoms with Crippen molar-refractivity contribution in [1.29, 1.82) is 0 Å². The van der Waals surface area contributed by atoms with E-state index in [4.69, 9.17) is 4.74 Å². The van der Waals surface area contributed by atoms with Gasteiger partial charge in [0.05, 0.1) is 6.04 Å². The van der Waals surface area contributed by atoms with Crippen LogP contribution in [0.2, 0.25) is 0 Å². The van der Waals surface area contributed by atoms with Gasteiger partial charge in [0.1, 0.15) is 11.4 Å². The summed E-state index contributed by atoms with van der Waals surface area (Å²) in [5, 5.41) is 0. The first kappa shape index (κ1) is 16.0. The summed E-state index contributed by atoms with van der Waals surface area (Å²) < 4.78 is 19.4. The molecule has 1 fully saturated rings. The van der Waals surface area contributed by atoms with E-state index in [1.165, 1.54) is 6.07 Å². The van der Waals surface area contributed by atoms with E-state index in [2.05, 4.69) is 6.08 Å². The minimum atomic E-state index is -0.486. The number of halogens is 1. The fraction of sp³-hybridized carbons (Fsp3) is 0.526. The van der Waals surface area contributed by atoms with Crippen molar-refractivity contribution < 1.29 is 13.9 Å². The zero-order chi connectivity index (χ0) is 16.8. The van der Waals surface area contributed by atoms with Gasteiger partial charge in [0.25, 0.3) is 0 Å². The van der Waals surface area contributed by atoms with Gasteiger partial charge in [0.2, 0.25) is 0 Å². The lowest BCUT2D eigenvalue weighted by Crippen LogP contribution is -2.45. The lowest BCUT2D eigenvalue weighted by atomic mass is 9.92. The second-order valence-electron chi connectivity index (χ2n) is 7.49. The van der Waals surface area contributed by atoms with Crippen LogP contribution in [0.3, 0.4) is 0 Å². The average Bonchev–Trinajstić information content (AvgIpc) is 2.71. The average molecular weight is 317 g/mol. The highest BCUT2D eigenvalue weighted by Crippen LogP contribution is 2.40. The van der Waals surface area contributed by atoms with E-state index in [1.807, 2.05) is 38.7 Å². The van der Waals surface area contributed by atoms with Crippen LogP contribution in [0.1, 0.15) is 51.2 Å². The lowest BCUT2D eigenvalue weighted by Gasteiger charge is -2.35. The summed E-state index contributed by atoms with van der Waals surface area (Å²) in [4.78, 5) is 14.3. The number of benzene rings is 1. The van der Waals surface area contributed by atoms with E-state index < -0.39 is 5.60 Å². The maximum absolute atomic E-state index is 13.8. The van der Waals surface area contributed by atoms with Gasteiger partial charge in [-0.25, -0.2) is 9.18 Å². The number of rotatable bonds is 1. The largest absolute Gasteiger partial charge is 0.444 e. The standard InChI is InChI=1S/C19H24FNO2/c1-12-16(6-5-7-17(12)20)13-10-14-8-9-15(11-13)21(14)18(22)23-19(2,3)4/h5-7,10,14-15H,8-9,11H2,1-4H3. The van der Waals surface area contributed by atoms with Gasteiger partial charge in [-0.3, -0.25) is 4.90 Å². The molecule has 0 spiro atoms. The molecule has 0 saturated carbocycles. The van der Waals surface area contributed by atoms with Crippen molar-refractivity contribution >= 4 is 11.7 Å². The predicted molar refractivity (Wildman–Crippen MR) is 88.6 cm³/mol. The molecule has 1 amide bonds. The number of carbonyl (C=O) groups is 1. The minimum Gasteiger partial charge on any atom is -0.444 e. The van der Waals surface area contributed by atoms with Crippen molar-refractivity contribution in [1.82, 2.24) is 4.90 Å². The third-order valence-corrected chi connectivity index (χ3v) is 4.61. The maximum atomic E-state index is 13.8. The molecule has 2 unspecified atom stereocenters. The Morgan fingerprint density at radius 1 is 1.30 bits per heavy atom. The van der Waals surface area contributed by atoms with Crippen molar-refractivity contribution in [2.24, 2.45) is 0 Å². The van der Waals surface area contributed by atoms with Gasteiger partial charge in [-0.1, -0.05) is 18.2 Å². The molecule has 124 valence electrons. The van der Waals surface area contributed by atoms with Crippen LogP contribution in [-0.2, 0) is 4.74 Å². The molecule has 2 bridgehead atoms. The summed E-state index contributed by atoms with van der Waals surface area (Å²) in [6, 6.07) is 5.41. The van der Waals surface area contributed by atoms with Crippen molar-refractivity contribution in [3.8, 4) is 0 Å². The van der Waals surface area contributed by atoms with Crippen LogP contribution in [0, 0.1) is 12.7 Å². The molecule has 0 N–H and O–H groups in total. The smallest absolute Gasteiger partial charge is 0.411 e. The van der Waals surface area contributed by atoms with E-state index in [0.717, 1.165) is 30.4 Å². The summed E-state index contributed by atoms with van der Waals surface area (Å²) in [5.41, 5.74) is 2.31. The first-order valence-corrected chi connectivity index (χ1v) is 8.24. The van der Waals surface area contributed by atoms with Crippen LogP contribution in [0.25, 0.3) is 5.57 Å². The zero-order valence-corrected chi connectivity index (χ0v) is 14.2. The molecule has 1 aromatic carbocycles. The number of hydrogen-bond donors (Lipinski definition) is 0. The van der Waals surface area contributed by atoms with Crippen LogP contribution in [0.5, 0.6) is 0 Å². The molecular weight excluding hydrogens is 293 g/mol. The van der Waals surface area contributed by atoms with Gasteiger partial charge in [0, 0.05) is 6.04 Å². The second-order valence-corrected chi connectivity index (χ2v) is 7.49. The number of fused-ring (bicyclic) bond motifs is 2.